The second-order valence-corrected chi connectivity index (χ2v) is 15.1. The van der Waals surface area contributed by atoms with Crippen molar-refractivity contribution in [3.05, 3.63) is 180 Å². The maximum atomic E-state index is 14.4. The molecule has 8 aromatic rings. The molecule has 0 fully saturated rings. The number of fused-ring (bicyclic) bond motifs is 4. The van der Waals surface area contributed by atoms with E-state index in [4.69, 9.17) is 16.3 Å². The number of anilines is 4. The third kappa shape index (κ3) is 6.93. The summed E-state index contributed by atoms with van der Waals surface area (Å²) in [6.07, 6.45) is 1.82. The first kappa shape index (κ1) is 38.6. The van der Waals surface area contributed by atoms with Crippen molar-refractivity contribution < 1.29 is 30.2 Å². The summed E-state index contributed by atoms with van der Waals surface area (Å²) in [5, 5.41) is 2.13. The van der Waals surface area contributed by atoms with E-state index >= 15 is 0 Å². The quantitative estimate of drug-likeness (QED) is 0.142. The zero-order valence-electron chi connectivity index (χ0n) is 32.7. The molecule has 0 radical (unpaired) electrons. The maximum Gasteiger partial charge on any atom is 0.135 e. The molecule has 6 aromatic carbocycles. The largest absolute Gasteiger partial charge is 0.510 e. The molecule has 0 N–H and O–H groups in total. The van der Waals surface area contributed by atoms with Crippen molar-refractivity contribution in [2.75, 3.05) is 9.80 Å². The third-order valence-corrected chi connectivity index (χ3v) is 10.6. The molecule has 0 saturated heterocycles. The summed E-state index contributed by atoms with van der Waals surface area (Å²) < 4.78 is 23.1. The van der Waals surface area contributed by atoms with Crippen LogP contribution in [-0.4, -0.2) is 9.55 Å². The Bertz CT molecular complexity index is 2860. The van der Waals surface area contributed by atoms with Crippen LogP contribution >= 0.6 is 0 Å². The Balaban J connectivity index is 0.00000469. The van der Waals surface area contributed by atoms with Crippen LogP contribution < -0.4 is 14.5 Å². The minimum Gasteiger partial charge on any atom is -0.510 e. The van der Waals surface area contributed by atoms with E-state index in [1.54, 1.807) is 18.2 Å². The molecule has 58 heavy (non-hydrogen) atoms. The standard InChI is InChI=1S/C50H39FN5O.Pt/c1-31(2)43-24-35(34-12-11-13-36(51)23-34)25-44(32(3)4)50(43)55-30-54(46-16-9-10-17-47(46)55)38-26-37(52-6)27-40(28-38)57-39-18-19-42-41-14-7-8-15-45(41)56(48(42)29-39)49-22-33(5)20-21-53-49;/h7-27,30-32H,1-5H3;/q-3;. The molecule has 290 valence electrons. The van der Waals surface area contributed by atoms with Crippen molar-refractivity contribution in [2.24, 2.45) is 0 Å². The second-order valence-electron chi connectivity index (χ2n) is 15.1. The molecule has 2 aromatic heterocycles. The second kappa shape index (κ2) is 15.6. The molecule has 3 heterocycles. The minimum atomic E-state index is -0.256. The van der Waals surface area contributed by atoms with E-state index < -0.39 is 0 Å². The zero-order chi connectivity index (χ0) is 39.4. The van der Waals surface area contributed by atoms with E-state index in [0.29, 0.717) is 22.9 Å². The van der Waals surface area contributed by atoms with E-state index in [0.717, 1.165) is 72.5 Å². The molecule has 0 spiro atoms. The number of rotatable bonds is 8. The number of para-hydroxylation sites is 3. The molecule has 8 heteroatoms. The van der Waals surface area contributed by atoms with Crippen molar-refractivity contribution in [1.29, 1.82) is 0 Å². The molecule has 0 atom stereocenters. The predicted molar refractivity (Wildman–Crippen MR) is 229 cm³/mol. The van der Waals surface area contributed by atoms with E-state index in [-0.39, 0.29) is 38.7 Å². The molecule has 0 saturated carbocycles. The molecule has 0 unspecified atom stereocenters. The minimum absolute atomic E-state index is 0. The van der Waals surface area contributed by atoms with Gasteiger partial charge in [0.1, 0.15) is 11.6 Å². The first-order valence-corrected chi connectivity index (χ1v) is 19.1. The molecule has 6 nitrogen and oxygen atoms in total. The van der Waals surface area contributed by atoms with Crippen LogP contribution in [0.2, 0.25) is 0 Å². The van der Waals surface area contributed by atoms with Crippen LogP contribution in [0.25, 0.3) is 43.6 Å². The fraction of sp³-hybridized carbons (Fsp3) is 0.140. The molecule has 9 rings (SSSR count). The monoisotopic (exact) mass is 939 g/mol. The van der Waals surface area contributed by atoms with Gasteiger partial charge in [-0.15, -0.1) is 48.1 Å². The van der Waals surface area contributed by atoms with Crippen molar-refractivity contribution in [1.82, 2.24) is 9.55 Å². The van der Waals surface area contributed by atoms with Gasteiger partial charge in [0.15, 0.2) is 0 Å². The van der Waals surface area contributed by atoms with Gasteiger partial charge in [0.05, 0.1) is 12.3 Å². The Kier molecular flexibility index (Phi) is 10.4. The number of nitrogens with zero attached hydrogens (tertiary/aromatic N) is 5. The molecule has 0 aliphatic carbocycles. The summed E-state index contributed by atoms with van der Waals surface area (Å²) in [7, 11) is 0. The number of halogens is 1. The molecule has 0 amide bonds. The topological polar surface area (TPSA) is 37.9 Å². The predicted octanol–water partition coefficient (Wildman–Crippen LogP) is 13.9. The van der Waals surface area contributed by atoms with E-state index in [2.05, 4.69) is 121 Å². The smallest absolute Gasteiger partial charge is 0.135 e. The number of benzene rings is 6. The Hall–Kier alpha value is -6.22. The summed E-state index contributed by atoms with van der Waals surface area (Å²) in [5.41, 5.74) is 11.3. The molecular weight excluding hydrogens is 901 g/mol. The number of hydrogen-bond acceptors (Lipinski definition) is 4. The summed E-state index contributed by atoms with van der Waals surface area (Å²) in [6, 6.07) is 46.3. The van der Waals surface area contributed by atoms with Gasteiger partial charge in [-0.1, -0.05) is 75.7 Å². The Labute approximate surface area is 353 Å². The Morgan fingerprint density at radius 3 is 2.16 bits per heavy atom. The number of ether oxygens (including phenoxy) is 1. The molecular formula is C50H39FN5OPt-3. The maximum absolute atomic E-state index is 14.4. The van der Waals surface area contributed by atoms with Gasteiger partial charge in [0.25, 0.3) is 0 Å². The van der Waals surface area contributed by atoms with Crippen LogP contribution in [-0.2, 0) is 21.1 Å². The molecule has 1 aliphatic heterocycles. The summed E-state index contributed by atoms with van der Waals surface area (Å²) in [5.74, 6) is 1.79. The average molecular weight is 940 g/mol. The van der Waals surface area contributed by atoms with Gasteiger partial charge in [0, 0.05) is 61.3 Å². The third-order valence-electron chi connectivity index (χ3n) is 10.6. The van der Waals surface area contributed by atoms with Crippen LogP contribution in [0.5, 0.6) is 11.5 Å². The van der Waals surface area contributed by atoms with E-state index in [1.807, 2.05) is 54.7 Å². The summed E-state index contributed by atoms with van der Waals surface area (Å²) >= 11 is 0. The van der Waals surface area contributed by atoms with Crippen LogP contribution in [0.1, 0.15) is 56.2 Å². The van der Waals surface area contributed by atoms with Gasteiger partial charge >= 0.3 is 0 Å². The summed E-state index contributed by atoms with van der Waals surface area (Å²) in [4.78, 5) is 12.9. The van der Waals surface area contributed by atoms with Crippen molar-refractivity contribution in [2.45, 2.75) is 46.5 Å². The van der Waals surface area contributed by atoms with Gasteiger partial charge in [-0.05, 0) is 107 Å². The zero-order valence-corrected chi connectivity index (χ0v) is 35.0. The van der Waals surface area contributed by atoms with Gasteiger partial charge in [-0.3, -0.25) is 4.85 Å². The van der Waals surface area contributed by atoms with Crippen LogP contribution in [0.3, 0.4) is 0 Å². The number of aryl methyl sites for hydroxylation is 1. The van der Waals surface area contributed by atoms with Crippen LogP contribution in [0.15, 0.2) is 128 Å². The van der Waals surface area contributed by atoms with Gasteiger partial charge in [0.2, 0.25) is 0 Å². The Morgan fingerprint density at radius 1 is 0.724 bits per heavy atom. The van der Waals surface area contributed by atoms with E-state index in [9.17, 15) is 4.39 Å². The van der Waals surface area contributed by atoms with E-state index in [1.165, 1.54) is 6.07 Å². The SMILES string of the molecule is [C-]#[N+]c1cc(Oc2[c-]c3c(cc2)c2ccccc2n3-c2cc(C)ccn2)[c-]c(N2[CH-]N(c3c(C(C)C)cc(-c4cccc(F)c4)cc3C(C)C)c3ccccc32)c1.[Pt]. The van der Waals surface area contributed by atoms with Gasteiger partial charge in [-0.25, -0.2) is 9.37 Å². The first-order valence-electron chi connectivity index (χ1n) is 19.1. The molecule has 1 aliphatic rings. The Morgan fingerprint density at radius 2 is 1.45 bits per heavy atom. The summed E-state index contributed by atoms with van der Waals surface area (Å²) in [6.45, 7) is 21.0. The average Bonchev–Trinajstić information content (AvgIpc) is 3.76. The van der Waals surface area contributed by atoms with Crippen molar-refractivity contribution >= 4 is 50.2 Å². The number of hydrogen-bond donors (Lipinski definition) is 0. The van der Waals surface area contributed by atoms with Crippen molar-refractivity contribution in [3.8, 4) is 28.4 Å². The fourth-order valence-corrected chi connectivity index (χ4v) is 7.85. The van der Waals surface area contributed by atoms with Gasteiger partial charge in [-0.2, -0.15) is 6.07 Å². The first-order chi connectivity index (χ1) is 27.7. The number of pyridine rings is 1. The van der Waals surface area contributed by atoms with Crippen molar-refractivity contribution in [3.63, 3.8) is 0 Å². The fourth-order valence-electron chi connectivity index (χ4n) is 7.85. The number of aromatic nitrogens is 2. The van der Waals surface area contributed by atoms with Crippen LogP contribution in [0, 0.1) is 38.1 Å². The molecule has 0 bridgehead atoms. The normalized spacial score (nSPS) is 12.3. The van der Waals surface area contributed by atoms with Crippen LogP contribution in [0.4, 0.5) is 32.8 Å². The van der Waals surface area contributed by atoms with Gasteiger partial charge < -0.3 is 19.1 Å².